The van der Waals surface area contributed by atoms with Crippen LogP contribution in [0.5, 0.6) is 0 Å². The molecule has 4 nitrogen and oxygen atoms in total. The molecule has 0 radical (unpaired) electrons. The average Bonchev–Trinajstić information content (AvgIpc) is 2.44. The van der Waals surface area contributed by atoms with E-state index in [1.165, 1.54) is 25.9 Å². The maximum Gasteiger partial charge on any atom is 0.224 e. The molecule has 0 aromatic heterocycles. The Hall–Kier alpha value is -0.970. The summed E-state index contributed by atoms with van der Waals surface area (Å²) in [5.74, 6) is 0.866. The number of piperidine rings is 1. The normalized spacial score (nSPS) is 15.5. The molecule has 0 atom stereocenters. The third-order valence-electron chi connectivity index (χ3n) is 4.06. The maximum absolute atomic E-state index is 11.8. The number of benzene rings is 1. The standard InChI is InChI=1S/C16H25N3O.2ClH/c1-19-10-7-13(8-11-19)6-9-18-16(20)12-14-2-4-15(17)5-3-14;;/h2-5,13H,6-12,17H2,1H3,(H,18,20);2*1H. The quantitative estimate of drug-likeness (QED) is 0.804. The molecule has 126 valence electrons. The van der Waals surface area contributed by atoms with Gasteiger partial charge in [0.15, 0.2) is 0 Å². The van der Waals surface area contributed by atoms with Crippen molar-refractivity contribution in [3.63, 3.8) is 0 Å². The maximum atomic E-state index is 11.8. The molecule has 0 bridgehead atoms. The van der Waals surface area contributed by atoms with Crippen molar-refractivity contribution in [3.8, 4) is 0 Å². The average molecular weight is 348 g/mol. The second kappa shape index (κ2) is 10.7. The minimum absolute atomic E-state index is 0. The number of nitrogens with two attached hydrogens (primary N) is 1. The summed E-state index contributed by atoms with van der Waals surface area (Å²) in [4.78, 5) is 14.2. The number of halogens is 2. The summed E-state index contributed by atoms with van der Waals surface area (Å²) < 4.78 is 0. The number of carbonyl (C=O) groups excluding carboxylic acids is 1. The molecule has 0 aliphatic carbocycles. The number of amides is 1. The van der Waals surface area contributed by atoms with Crippen molar-refractivity contribution in [2.24, 2.45) is 5.92 Å². The van der Waals surface area contributed by atoms with E-state index in [2.05, 4.69) is 17.3 Å². The molecule has 1 heterocycles. The van der Waals surface area contributed by atoms with Gasteiger partial charge in [0.1, 0.15) is 0 Å². The summed E-state index contributed by atoms with van der Waals surface area (Å²) in [5.41, 5.74) is 7.37. The van der Waals surface area contributed by atoms with Crippen LogP contribution in [0.15, 0.2) is 24.3 Å². The number of anilines is 1. The van der Waals surface area contributed by atoms with Crippen LogP contribution >= 0.6 is 24.8 Å². The Labute approximate surface area is 145 Å². The fourth-order valence-electron chi connectivity index (χ4n) is 2.65. The molecule has 0 saturated carbocycles. The Morgan fingerprint density at radius 1 is 1.23 bits per heavy atom. The second-order valence-corrected chi connectivity index (χ2v) is 5.80. The largest absolute Gasteiger partial charge is 0.399 e. The Morgan fingerprint density at radius 3 is 2.41 bits per heavy atom. The molecular formula is C16H27Cl2N3O. The lowest BCUT2D eigenvalue weighted by molar-refractivity contribution is -0.120. The predicted molar refractivity (Wildman–Crippen MR) is 96.9 cm³/mol. The fraction of sp³-hybridized carbons (Fsp3) is 0.562. The molecule has 1 aliphatic heterocycles. The smallest absolute Gasteiger partial charge is 0.224 e. The molecule has 22 heavy (non-hydrogen) atoms. The lowest BCUT2D eigenvalue weighted by atomic mass is 9.94. The number of likely N-dealkylation sites (tertiary alicyclic amines) is 1. The molecule has 1 fully saturated rings. The third-order valence-corrected chi connectivity index (χ3v) is 4.06. The lowest BCUT2D eigenvalue weighted by Crippen LogP contribution is -2.33. The Morgan fingerprint density at radius 2 is 1.82 bits per heavy atom. The van der Waals surface area contributed by atoms with E-state index in [1.807, 2.05) is 24.3 Å². The molecule has 0 spiro atoms. The molecule has 2 rings (SSSR count). The van der Waals surface area contributed by atoms with Gasteiger partial charge in [-0.2, -0.15) is 0 Å². The van der Waals surface area contributed by atoms with E-state index in [0.29, 0.717) is 6.42 Å². The summed E-state index contributed by atoms with van der Waals surface area (Å²) >= 11 is 0. The summed E-state index contributed by atoms with van der Waals surface area (Å²) in [7, 11) is 2.17. The van der Waals surface area contributed by atoms with Crippen molar-refractivity contribution in [1.82, 2.24) is 10.2 Å². The van der Waals surface area contributed by atoms with Gasteiger partial charge in [-0.05, 0) is 63.0 Å². The van der Waals surface area contributed by atoms with Gasteiger partial charge < -0.3 is 16.0 Å². The van der Waals surface area contributed by atoms with Gasteiger partial charge in [0.25, 0.3) is 0 Å². The minimum Gasteiger partial charge on any atom is -0.399 e. The van der Waals surface area contributed by atoms with Crippen LogP contribution in [0.2, 0.25) is 0 Å². The third kappa shape index (κ3) is 7.34. The number of nitrogens with zero attached hydrogens (tertiary/aromatic N) is 1. The number of rotatable bonds is 5. The van der Waals surface area contributed by atoms with Crippen LogP contribution < -0.4 is 11.1 Å². The number of nitrogen functional groups attached to an aromatic ring is 1. The summed E-state index contributed by atoms with van der Waals surface area (Å²) in [6, 6.07) is 7.49. The Bertz CT molecular complexity index is 432. The van der Waals surface area contributed by atoms with Gasteiger partial charge in [0, 0.05) is 12.2 Å². The van der Waals surface area contributed by atoms with E-state index >= 15 is 0 Å². The molecule has 0 unspecified atom stereocenters. The van der Waals surface area contributed by atoms with Gasteiger partial charge in [-0.1, -0.05) is 12.1 Å². The van der Waals surface area contributed by atoms with Crippen LogP contribution in [0.4, 0.5) is 5.69 Å². The van der Waals surface area contributed by atoms with E-state index in [0.717, 1.165) is 30.1 Å². The van der Waals surface area contributed by atoms with Gasteiger partial charge in [0.2, 0.25) is 5.91 Å². The molecule has 1 aromatic carbocycles. The van der Waals surface area contributed by atoms with Gasteiger partial charge >= 0.3 is 0 Å². The first kappa shape index (κ1) is 21.0. The summed E-state index contributed by atoms with van der Waals surface area (Å²) in [6.45, 7) is 3.16. The van der Waals surface area contributed by atoms with Gasteiger partial charge in [0.05, 0.1) is 6.42 Å². The first-order valence-electron chi connectivity index (χ1n) is 7.43. The van der Waals surface area contributed by atoms with Crippen molar-refractivity contribution in [1.29, 1.82) is 0 Å². The first-order chi connectivity index (χ1) is 9.63. The van der Waals surface area contributed by atoms with Crippen molar-refractivity contribution in [3.05, 3.63) is 29.8 Å². The van der Waals surface area contributed by atoms with E-state index in [4.69, 9.17) is 5.73 Å². The Balaban J connectivity index is 0.00000220. The molecule has 1 saturated heterocycles. The van der Waals surface area contributed by atoms with E-state index < -0.39 is 0 Å². The highest BCUT2D eigenvalue weighted by Gasteiger charge is 2.16. The molecule has 1 aliphatic rings. The van der Waals surface area contributed by atoms with E-state index in [-0.39, 0.29) is 30.7 Å². The van der Waals surface area contributed by atoms with Crippen LogP contribution in [0, 0.1) is 5.92 Å². The van der Waals surface area contributed by atoms with Crippen molar-refractivity contribution >= 4 is 36.4 Å². The van der Waals surface area contributed by atoms with E-state index in [9.17, 15) is 4.79 Å². The topological polar surface area (TPSA) is 58.4 Å². The van der Waals surface area contributed by atoms with Crippen LogP contribution in [-0.2, 0) is 11.2 Å². The predicted octanol–water partition coefficient (Wildman–Crippen LogP) is 2.50. The number of carbonyl (C=O) groups is 1. The molecule has 1 amide bonds. The highest BCUT2D eigenvalue weighted by molar-refractivity contribution is 5.85. The minimum atomic E-state index is 0. The van der Waals surface area contributed by atoms with Crippen molar-refractivity contribution in [2.45, 2.75) is 25.7 Å². The van der Waals surface area contributed by atoms with Crippen LogP contribution in [-0.4, -0.2) is 37.5 Å². The zero-order valence-corrected chi connectivity index (χ0v) is 14.7. The van der Waals surface area contributed by atoms with Crippen molar-refractivity contribution in [2.75, 3.05) is 32.4 Å². The molecule has 3 N–H and O–H groups in total. The van der Waals surface area contributed by atoms with Crippen LogP contribution in [0.3, 0.4) is 0 Å². The van der Waals surface area contributed by atoms with Gasteiger partial charge in [-0.25, -0.2) is 0 Å². The lowest BCUT2D eigenvalue weighted by Gasteiger charge is -2.28. The number of hydrogen-bond acceptors (Lipinski definition) is 3. The van der Waals surface area contributed by atoms with Crippen LogP contribution in [0.25, 0.3) is 0 Å². The monoisotopic (exact) mass is 347 g/mol. The molecular weight excluding hydrogens is 321 g/mol. The number of nitrogens with one attached hydrogen (secondary N) is 1. The van der Waals surface area contributed by atoms with Crippen molar-refractivity contribution < 1.29 is 4.79 Å². The fourth-order valence-corrected chi connectivity index (χ4v) is 2.65. The highest BCUT2D eigenvalue weighted by atomic mass is 35.5. The zero-order valence-electron chi connectivity index (χ0n) is 13.1. The van der Waals surface area contributed by atoms with Gasteiger partial charge in [-0.15, -0.1) is 24.8 Å². The Kier molecular flexibility index (Phi) is 10.2. The second-order valence-electron chi connectivity index (χ2n) is 5.80. The summed E-state index contributed by atoms with van der Waals surface area (Å²) in [5, 5.41) is 3.02. The van der Waals surface area contributed by atoms with Crippen LogP contribution in [0.1, 0.15) is 24.8 Å². The SMILES string of the molecule is CN1CCC(CCNC(=O)Cc2ccc(N)cc2)CC1.Cl.Cl. The zero-order chi connectivity index (χ0) is 14.4. The van der Waals surface area contributed by atoms with Gasteiger partial charge in [-0.3, -0.25) is 4.79 Å². The van der Waals surface area contributed by atoms with E-state index in [1.54, 1.807) is 0 Å². The molecule has 1 aromatic rings. The molecule has 6 heteroatoms. The number of hydrogen-bond donors (Lipinski definition) is 2. The highest BCUT2D eigenvalue weighted by Crippen LogP contribution is 2.18. The first-order valence-corrected chi connectivity index (χ1v) is 7.43. The summed E-state index contributed by atoms with van der Waals surface area (Å²) in [6.07, 6.45) is 4.05.